The Kier molecular flexibility index (Phi) is 4.62. The fraction of sp³-hybridized carbons (Fsp3) is 0.385. The first kappa shape index (κ1) is 14.4. The molecule has 0 bridgehead atoms. The Bertz CT molecular complexity index is 502. The quantitative estimate of drug-likeness (QED) is 0.764. The number of benzene rings is 1. The molecule has 1 heterocycles. The molecule has 1 aromatic carbocycles. The average molecular weight is 283 g/mol. The van der Waals surface area contributed by atoms with E-state index in [-0.39, 0.29) is 12.5 Å². The lowest BCUT2D eigenvalue weighted by molar-refractivity contribution is -0.124. The van der Waals surface area contributed by atoms with Crippen LogP contribution in [-0.4, -0.2) is 30.9 Å². The third kappa shape index (κ3) is 3.51. The number of piperidine rings is 1. The van der Waals surface area contributed by atoms with Crippen molar-refractivity contribution < 1.29 is 18.4 Å². The standard InChI is InChI=1S/C13H15F2N3O2/c14-8-3-1-4-9(15)12(8)18-11(19)7-17-10-5-2-6-16-13(10)20/h1,3-4,10,17H,2,5-7H2,(H,16,20)(H,18,19). The summed E-state index contributed by atoms with van der Waals surface area (Å²) in [6, 6.07) is 2.88. The Morgan fingerprint density at radius 1 is 1.35 bits per heavy atom. The number of anilines is 1. The van der Waals surface area contributed by atoms with Gasteiger partial charge in [0.2, 0.25) is 11.8 Å². The van der Waals surface area contributed by atoms with Crippen LogP contribution < -0.4 is 16.0 Å². The number of halogens is 2. The number of hydrogen-bond acceptors (Lipinski definition) is 3. The van der Waals surface area contributed by atoms with Crippen molar-refractivity contribution in [3.8, 4) is 0 Å². The Labute approximate surface area is 114 Å². The second-order valence-corrected chi connectivity index (χ2v) is 4.51. The van der Waals surface area contributed by atoms with Crippen LogP contribution in [-0.2, 0) is 9.59 Å². The number of nitrogens with one attached hydrogen (secondary N) is 3. The van der Waals surface area contributed by atoms with E-state index in [1.807, 2.05) is 0 Å². The van der Waals surface area contributed by atoms with Gasteiger partial charge in [-0.15, -0.1) is 0 Å². The molecule has 1 aromatic rings. The maximum Gasteiger partial charge on any atom is 0.238 e. The summed E-state index contributed by atoms with van der Waals surface area (Å²) >= 11 is 0. The molecule has 1 aliphatic heterocycles. The maximum absolute atomic E-state index is 13.3. The molecule has 5 nitrogen and oxygen atoms in total. The monoisotopic (exact) mass is 283 g/mol. The van der Waals surface area contributed by atoms with Crippen molar-refractivity contribution in [2.75, 3.05) is 18.4 Å². The number of hydrogen-bond donors (Lipinski definition) is 3. The number of para-hydroxylation sites is 1. The second kappa shape index (κ2) is 6.42. The summed E-state index contributed by atoms with van der Waals surface area (Å²) < 4.78 is 26.7. The van der Waals surface area contributed by atoms with Crippen LogP contribution in [0.25, 0.3) is 0 Å². The van der Waals surface area contributed by atoms with Crippen LogP contribution >= 0.6 is 0 Å². The largest absolute Gasteiger partial charge is 0.355 e. The van der Waals surface area contributed by atoms with Crippen LogP contribution in [0.4, 0.5) is 14.5 Å². The van der Waals surface area contributed by atoms with Crippen molar-refractivity contribution >= 4 is 17.5 Å². The van der Waals surface area contributed by atoms with Crippen LogP contribution in [0.15, 0.2) is 18.2 Å². The van der Waals surface area contributed by atoms with Crippen molar-refractivity contribution in [1.29, 1.82) is 0 Å². The van der Waals surface area contributed by atoms with Gasteiger partial charge in [0.05, 0.1) is 12.6 Å². The third-order valence-corrected chi connectivity index (χ3v) is 3.02. The molecule has 0 aliphatic carbocycles. The van der Waals surface area contributed by atoms with E-state index in [0.29, 0.717) is 13.0 Å². The summed E-state index contributed by atoms with van der Waals surface area (Å²) in [5, 5.41) is 7.58. The smallest absolute Gasteiger partial charge is 0.238 e. The molecule has 7 heteroatoms. The zero-order chi connectivity index (χ0) is 14.5. The predicted molar refractivity (Wildman–Crippen MR) is 69.0 cm³/mol. The van der Waals surface area contributed by atoms with Gasteiger partial charge in [0.15, 0.2) is 0 Å². The molecule has 1 unspecified atom stereocenters. The lowest BCUT2D eigenvalue weighted by Gasteiger charge is -2.22. The predicted octanol–water partition coefficient (Wildman–Crippen LogP) is 0.771. The molecule has 0 radical (unpaired) electrons. The lowest BCUT2D eigenvalue weighted by Crippen LogP contribution is -2.50. The van der Waals surface area contributed by atoms with E-state index in [9.17, 15) is 18.4 Å². The minimum Gasteiger partial charge on any atom is -0.355 e. The molecule has 0 aromatic heterocycles. The highest BCUT2D eigenvalue weighted by Crippen LogP contribution is 2.17. The van der Waals surface area contributed by atoms with Gasteiger partial charge in [0.25, 0.3) is 0 Å². The molecule has 2 amide bonds. The van der Waals surface area contributed by atoms with Crippen LogP contribution in [0.1, 0.15) is 12.8 Å². The molecule has 2 rings (SSSR count). The molecule has 0 saturated carbocycles. The summed E-state index contributed by atoms with van der Waals surface area (Å²) in [7, 11) is 0. The summed E-state index contributed by atoms with van der Waals surface area (Å²) in [6.07, 6.45) is 1.46. The Morgan fingerprint density at radius 3 is 2.70 bits per heavy atom. The molecule has 1 atom stereocenters. The molecule has 108 valence electrons. The zero-order valence-corrected chi connectivity index (χ0v) is 10.7. The summed E-state index contributed by atoms with van der Waals surface area (Å²) in [4.78, 5) is 23.1. The van der Waals surface area contributed by atoms with E-state index in [4.69, 9.17) is 0 Å². The van der Waals surface area contributed by atoms with Crippen molar-refractivity contribution in [3.63, 3.8) is 0 Å². The van der Waals surface area contributed by atoms with E-state index < -0.39 is 29.3 Å². The fourth-order valence-corrected chi connectivity index (χ4v) is 1.98. The number of rotatable bonds is 4. The van der Waals surface area contributed by atoms with E-state index in [2.05, 4.69) is 16.0 Å². The lowest BCUT2D eigenvalue weighted by atomic mass is 10.1. The van der Waals surface area contributed by atoms with E-state index in [0.717, 1.165) is 18.6 Å². The zero-order valence-electron chi connectivity index (χ0n) is 10.7. The topological polar surface area (TPSA) is 70.2 Å². The minimum absolute atomic E-state index is 0.166. The Hall–Kier alpha value is -2.02. The Balaban J connectivity index is 1.88. The maximum atomic E-state index is 13.3. The first-order chi connectivity index (χ1) is 9.58. The van der Waals surface area contributed by atoms with Crippen molar-refractivity contribution in [2.24, 2.45) is 0 Å². The van der Waals surface area contributed by atoms with Crippen molar-refractivity contribution in [2.45, 2.75) is 18.9 Å². The van der Waals surface area contributed by atoms with E-state index >= 15 is 0 Å². The van der Waals surface area contributed by atoms with Crippen LogP contribution in [0.2, 0.25) is 0 Å². The third-order valence-electron chi connectivity index (χ3n) is 3.02. The molecular formula is C13H15F2N3O2. The average Bonchev–Trinajstić information content (AvgIpc) is 2.42. The molecule has 20 heavy (non-hydrogen) atoms. The van der Waals surface area contributed by atoms with Crippen molar-refractivity contribution in [3.05, 3.63) is 29.8 Å². The molecule has 1 fully saturated rings. The Morgan fingerprint density at radius 2 is 2.05 bits per heavy atom. The van der Waals surface area contributed by atoms with Gasteiger partial charge in [-0.2, -0.15) is 0 Å². The van der Waals surface area contributed by atoms with Gasteiger partial charge in [-0.1, -0.05) is 6.07 Å². The molecule has 1 saturated heterocycles. The SMILES string of the molecule is O=C(CNC1CCCNC1=O)Nc1c(F)cccc1F. The van der Waals surface area contributed by atoms with Gasteiger partial charge in [-0.3, -0.25) is 14.9 Å². The first-order valence-electron chi connectivity index (χ1n) is 6.33. The van der Waals surface area contributed by atoms with Gasteiger partial charge in [-0.05, 0) is 25.0 Å². The summed E-state index contributed by atoms with van der Waals surface area (Å²) in [6.45, 7) is 0.440. The summed E-state index contributed by atoms with van der Waals surface area (Å²) in [5.74, 6) is -2.45. The first-order valence-corrected chi connectivity index (χ1v) is 6.33. The second-order valence-electron chi connectivity index (χ2n) is 4.51. The van der Waals surface area contributed by atoms with Gasteiger partial charge in [0, 0.05) is 6.54 Å². The van der Waals surface area contributed by atoms with Gasteiger partial charge < -0.3 is 10.6 Å². The number of amides is 2. The molecular weight excluding hydrogens is 268 g/mol. The molecule has 1 aliphatic rings. The highest BCUT2D eigenvalue weighted by molar-refractivity contribution is 5.93. The van der Waals surface area contributed by atoms with E-state index in [1.165, 1.54) is 6.07 Å². The van der Waals surface area contributed by atoms with Crippen molar-refractivity contribution in [1.82, 2.24) is 10.6 Å². The molecule has 0 spiro atoms. The van der Waals surface area contributed by atoms with Gasteiger partial charge >= 0.3 is 0 Å². The number of carbonyl (C=O) groups is 2. The highest BCUT2D eigenvalue weighted by atomic mass is 19.1. The normalized spacial score (nSPS) is 18.5. The van der Waals surface area contributed by atoms with Crippen LogP contribution in [0.5, 0.6) is 0 Å². The van der Waals surface area contributed by atoms with E-state index in [1.54, 1.807) is 0 Å². The number of carbonyl (C=O) groups excluding carboxylic acids is 2. The summed E-state index contributed by atoms with van der Waals surface area (Å²) in [5.41, 5.74) is -0.479. The minimum atomic E-state index is -0.839. The van der Waals surface area contributed by atoms with Gasteiger partial charge in [0.1, 0.15) is 17.3 Å². The molecule has 3 N–H and O–H groups in total. The van der Waals surface area contributed by atoms with Gasteiger partial charge in [-0.25, -0.2) is 8.78 Å². The van der Waals surface area contributed by atoms with Crippen LogP contribution in [0.3, 0.4) is 0 Å². The highest BCUT2D eigenvalue weighted by Gasteiger charge is 2.22. The van der Waals surface area contributed by atoms with Crippen LogP contribution in [0, 0.1) is 11.6 Å². The fourth-order valence-electron chi connectivity index (χ4n) is 1.98.